The summed E-state index contributed by atoms with van der Waals surface area (Å²) in [7, 11) is -4.40. The fourth-order valence-corrected chi connectivity index (χ4v) is 6.74. The van der Waals surface area contributed by atoms with Crippen LogP contribution < -0.4 is 9.62 Å². The summed E-state index contributed by atoms with van der Waals surface area (Å²) >= 11 is 0. The van der Waals surface area contributed by atoms with Gasteiger partial charge in [0.15, 0.2) is 0 Å². The summed E-state index contributed by atoms with van der Waals surface area (Å²) in [5, 5.41) is 12.7. The van der Waals surface area contributed by atoms with Gasteiger partial charge in [0.1, 0.15) is 0 Å². The van der Waals surface area contributed by atoms with Crippen molar-refractivity contribution < 1.29 is 49.4 Å². The Labute approximate surface area is 227 Å². The fourth-order valence-electron chi connectivity index (χ4n) is 5.03. The van der Waals surface area contributed by atoms with Crippen LogP contribution in [0.5, 0.6) is 0 Å². The van der Waals surface area contributed by atoms with E-state index in [2.05, 4.69) is 5.32 Å². The first-order valence-electron chi connectivity index (χ1n) is 12.5. The monoisotopic (exact) mass is 594 g/mol. The van der Waals surface area contributed by atoms with E-state index in [1.807, 2.05) is 0 Å². The van der Waals surface area contributed by atoms with Gasteiger partial charge >= 0.3 is 12.4 Å². The lowest BCUT2D eigenvalue weighted by Crippen LogP contribution is -2.54. The van der Waals surface area contributed by atoms with E-state index in [-0.39, 0.29) is 41.5 Å². The third-order valence-corrected chi connectivity index (χ3v) is 9.10. The normalized spacial score (nSPS) is 19.3. The molecular weight excluding hydrogens is 566 g/mol. The molecule has 7 nitrogen and oxygen atoms in total. The lowest BCUT2D eigenvalue weighted by Gasteiger charge is -2.39. The number of ether oxygens (including phenoxy) is 1. The molecule has 14 heteroatoms. The van der Waals surface area contributed by atoms with Gasteiger partial charge in [-0.05, 0) is 56.4 Å². The number of alkyl halides is 6. The van der Waals surface area contributed by atoms with Crippen molar-refractivity contribution in [3.8, 4) is 0 Å². The molecule has 1 saturated heterocycles. The Morgan fingerprint density at radius 3 is 2.17 bits per heavy atom. The number of hydrogen-bond acceptors (Lipinski definition) is 5. The van der Waals surface area contributed by atoms with Crippen molar-refractivity contribution in [3.63, 3.8) is 0 Å². The Morgan fingerprint density at radius 1 is 1.00 bits per heavy atom. The summed E-state index contributed by atoms with van der Waals surface area (Å²) in [5.41, 5.74) is -6.17. The number of sulfonamides is 1. The number of benzene rings is 2. The SMILES string of the molecule is Cc1ccc(S(=O)(=O)N2c3ccc(C(O)(C(F)(F)F)C(F)(F)F)cc3CCC2CC(=O)NC2CCOCC2)cc1. The Morgan fingerprint density at radius 2 is 1.60 bits per heavy atom. The van der Waals surface area contributed by atoms with Crippen molar-refractivity contribution in [2.75, 3.05) is 17.5 Å². The number of hydrogen-bond donors (Lipinski definition) is 2. The van der Waals surface area contributed by atoms with E-state index >= 15 is 0 Å². The highest BCUT2D eigenvalue weighted by molar-refractivity contribution is 7.92. The topological polar surface area (TPSA) is 95.9 Å². The third kappa shape index (κ3) is 5.66. The molecule has 1 atom stereocenters. The highest BCUT2D eigenvalue weighted by Crippen LogP contribution is 2.51. The molecule has 0 aliphatic carbocycles. The van der Waals surface area contributed by atoms with Gasteiger partial charge in [-0.3, -0.25) is 9.10 Å². The number of carbonyl (C=O) groups excluding carboxylic acids is 1. The minimum absolute atomic E-state index is 0.0563. The molecule has 2 aliphatic rings. The summed E-state index contributed by atoms with van der Waals surface area (Å²) in [4.78, 5) is 12.7. The van der Waals surface area contributed by atoms with E-state index < -0.39 is 45.5 Å². The van der Waals surface area contributed by atoms with E-state index in [1.54, 1.807) is 19.1 Å². The van der Waals surface area contributed by atoms with E-state index in [1.165, 1.54) is 12.1 Å². The molecular formula is C26H28F6N2O5S. The first kappa shape index (κ1) is 30.1. The summed E-state index contributed by atoms with van der Waals surface area (Å²) in [6.07, 6.45) is -11.5. The number of aliphatic hydroxyl groups is 1. The quantitative estimate of drug-likeness (QED) is 0.481. The molecule has 2 aliphatic heterocycles. The number of fused-ring (bicyclic) bond motifs is 1. The van der Waals surface area contributed by atoms with Crippen LogP contribution in [0.3, 0.4) is 0 Å². The molecule has 2 heterocycles. The molecule has 0 bridgehead atoms. The number of amides is 1. The predicted octanol–water partition coefficient (Wildman–Crippen LogP) is 4.50. The molecule has 0 spiro atoms. The molecule has 1 amide bonds. The largest absolute Gasteiger partial charge is 0.430 e. The second-order valence-electron chi connectivity index (χ2n) is 10.0. The first-order valence-corrected chi connectivity index (χ1v) is 14.0. The molecule has 2 N–H and O–H groups in total. The summed E-state index contributed by atoms with van der Waals surface area (Å²) in [6, 6.07) is 6.39. The zero-order valence-electron chi connectivity index (χ0n) is 21.3. The molecule has 2 aromatic rings. The number of nitrogens with zero attached hydrogens (tertiary/aromatic N) is 1. The van der Waals surface area contributed by atoms with Gasteiger partial charge in [0.2, 0.25) is 5.91 Å². The molecule has 0 saturated carbocycles. The Balaban J connectivity index is 1.76. The highest BCUT2D eigenvalue weighted by Gasteiger charge is 2.71. The number of rotatable bonds is 6. The van der Waals surface area contributed by atoms with Crippen molar-refractivity contribution in [1.82, 2.24) is 5.32 Å². The number of halogens is 6. The third-order valence-electron chi connectivity index (χ3n) is 7.22. The average molecular weight is 595 g/mol. The van der Waals surface area contributed by atoms with Crippen LogP contribution in [-0.2, 0) is 31.6 Å². The van der Waals surface area contributed by atoms with Crippen molar-refractivity contribution in [3.05, 3.63) is 59.2 Å². The summed E-state index contributed by atoms with van der Waals surface area (Å²) < 4.78 is 115. The van der Waals surface area contributed by atoms with Crippen LogP contribution in [0.15, 0.2) is 47.4 Å². The maximum atomic E-state index is 13.8. The van der Waals surface area contributed by atoms with Gasteiger partial charge in [0.25, 0.3) is 15.6 Å². The van der Waals surface area contributed by atoms with Gasteiger partial charge in [-0.2, -0.15) is 26.3 Å². The highest BCUT2D eigenvalue weighted by atomic mass is 32.2. The maximum Gasteiger partial charge on any atom is 0.430 e. The van der Waals surface area contributed by atoms with Crippen LogP contribution in [0.1, 0.15) is 42.4 Å². The van der Waals surface area contributed by atoms with Gasteiger partial charge in [-0.15, -0.1) is 0 Å². The Kier molecular flexibility index (Phi) is 8.18. The van der Waals surface area contributed by atoms with E-state index in [0.29, 0.717) is 38.2 Å². The molecule has 220 valence electrons. The second kappa shape index (κ2) is 10.9. The van der Waals surface area contributed by atoms with Crippen LogP contribution in [0.2, 0.25) is 0 Å². The Bertz CT molecular complexity index is 1320. The maximum absolute atomic E-state index is 13.8. The minimum Gasteiger partial charge on any atom is -0.381 e. The first-order chi connectivity index (χ1) is 18.6. The lowest BCUT2D eigenvalue weighted by molar-refractivity contribution is -0.376. The number of anilines is 1. The van der Waals surface area contributed by atoms with Gasteiger partial charge in [0, 0.05) is 31.2 Å². The van der Waals surface area contributed by atoms with Crippen LogP contribution >= 0.6 is 0 Å². The van der Waals surface area contributed by atoms with Crippen LogP contribution in [-0.4, -0.2) is 57.1 Å². The predicted molar refractivity (Wildman–Crippen MR) is 132 cm³/mol. The number of nitrogens with one attached hydrogen (secondary N) is 1. The number of carbonyl (C=O) groups is 1. The zero-order valence-corrected chi connectivity index (χ0v) is 22.2. The second-order valence-corrected chi connectivity index (χ2v) is 11.8. The summed E-state index contributed by atoms with van der Waals surface area (Å²) in [6.45, 7) is 2.65. The molecule has 0 aromatic heterocycles. The fraction of sp³-hybridized carbons (Fsp3) is 0.500. The van der Waals surface area contributed by atoms with Crippen molar-refractivity contribution in [2.24, 2.45) is 0 Å². The van der Waals surface area contributed by atoms with Crippen LogP contribution in [0, 0.1) is 6.92 Å². The molecule has 0 radical (unpaired) electrons. The van der Waals surface area contributed by atoms with Gasteiger partial charge < -0.3 is 15.2 Å². The minimum atomic E-state index is -6.09. The zero-order chi connectivity index (χ0) is 29.5. The molecule has 1 fully saturated rings. The number of aryl methyl sites for hydroxylation is 2. The van der Waals surface area contributed by atoms with Gasteiger partial charge in [0.05, 0.1) is 16.6 Å². The van der Waals surface area contributed by atoms with E-state index in [4.69, 9.17) is 4.74 Å². The smallest absolute Gasteiger partial charge is 0.381 e. The molecule has 1 unspecified atom stereocenters. The summed E-state index contributed by atoms with van der Waals surface area (Å²) in [5.74, 6) is -0.440. The van der Waals surface area contributed by atoms with Crippen molar-refractivity contribution in [1.29, 1.82) is 0 Å². The lowest BCUT2D eigenvalue weighted by atomic mass is 9.87. The van der Waals surface area contributed by atoms with Gasteiger partial charge in [-0.25, -0.2) is 8.42 Å². The van der Waals surface area contributed by atoms with E-state index in [0.717, 1.165) is 15.9 Å². The molecule has 2 aromatic carbocycles. The van der Waals surface area contributed by atoms with Crippen molar-refractivity contribution in [2.45, 2.75) is 74.0 Å². The van der Waals surface area contributed by atoms with E-state index in [9.17, 15) is 44.7 Å². The van der Waals surface area contributed by atoms with Crippen LogP contribution in [0.4, 0.5) is 32.0 Å². The average Bonchev–Trinajstić information content (AvgIpc) is 2.87. The Hall–Kier alpha value is -2.84. The van der Waals surface area contributed by atoms with Crippen molar-refractivity contribution >= 4 is 21.6 Å². The van der Waals surface area contributed by atoms with Crippen LogP contribution in [0.25, 0.3) is 0 Å². The van der Waals surface area contributed by atoms with Gasteiger partial charge in [-0.1, -0.05) is 29.8 Å². The molecule has 40 heavy (non-hydrogen) atoms. The molecule has 4 rings (SSSR count). The standard InChI is InChI=1S/C26H28F6N2O5S/c1-16-2-7-21(8-3-16)40(37,38)34-20(15-23(35)33-19-10-12-39-13-11-19)6-4-17-14-18(5-9-22(17)34)24(36,25(27,28)29)26(30,31)32/h2-3,5,7-9,14,19-20,36H,4,6,10-13,15H2,1H3,(H,33,35).